The number of amides is 2. The lowest BCUT2D eigenvalue weighted by molar-refractivity contribution is -0.135. The molecular formula is C19H26N2O2S. The standard InChI is InChI=1S/C19H26N2O2S/c1-13(22)21-8-14-3-2-4-19(7-14,12-21)11-20-18(23)15-5-16-9-24-10-17(16)6-15/h9-10,14-15H,2-8,11-12H2,1H3,(H,20,23). The van der Waals surface area contributed by atoms with Crippen molar-refractivity contribution in [3.8, 4) is 0 Å². The average Bonchev–Trinajstić information content (AvgIpc) is 3.14. The molecule has 1 aliphatic heterocycles. The van der Waals surface area contributed by atoms with Crippen molar-refractivity contribution in [2.24, 2.45) is 17.3 Å². The van der Waals surface area contributed by atoms with Gasteiger partial charge in [0.1, 0.15) is 0 Å². The van der Waals surface area contributed by atoms with Crippen molar-refractivity contribution in [3.63, 3.8) is 0 Å². The molecule has 3 aliphatic rings. The van der Waals surface area contributed by atoms with Gasteiger partial charge in [-0.05, 0) is 59.9 Å². The lowest BCUT2D eigenvalue weighted by Gasteiger charge is -2.49. The zero-order valence-corrected chi connectivity index (χ0v) is 15.2. The molecule has 2 amide bonds. The van der Waals surface area contributed by atoms with E-state index in [0.29, 0.717) is 5.92 Å². The van der Waals surface area contributed by atoms with Gasteiger partial charge in [-0.1, -0.05) is 6.42 Å². The summed E-state index contributed by atoms with van der Waals surface area (Å²) in [6, 6.07) is 0. The summed E-state index contributed by atoms with van der Waals surface area (Å²) in [6.07, 6.45) is 6.52. The summed E-state index contributed by atoms with van der Waals surface area (Å²) in [5.41, 5.74) is 2.82. The van der Waals surface area contributed by atoms with Crippen molar-refractivity contribution in [1.82, 2.24) is 10.2 Å². The molecule has 1 N–H and O–H groups in total. The number of nitrogens with one attached hydrogen (secondary N) is 1. The first-order valence-electron chi connectivity index (χ1n) is 9.12. The molecule has 5 heteroatoms. The molecule has 0 spiro atoms. The summed E-state index contributed by atoms with van der Waals surface area (Å²) in [4.78, 5) is 26.5. The van der Waals surface area contributed by atoms with Crippen LogP contribution in [0, 0.1) is 17.3 Å². The molecular weight excluding hydrogens is 320 g/mol. The van der Waals surface area contributed by atoms with Crippen LogP contribution in [0.4, 0.5) is 0 Å². The van der Waals surface area contributed by atoms with Gasteiger partial charge in [0, 0.05) is 37.9 Å². The monoisotopic (exact) mass is 346 g/mol. The molecule has 4 rings (SSSR count). The van der Waals surface area contributed by atoms with Gasteiger partial charge in [-0.2, -0.15) is 11.3 Å². The van der Waals surface area contributed by atoms with Crippen LogP contribution in [-0.4, -0.2) is 36.3 Å². The summed E-state index contributed by atoms with van der Waals surface area (Å²) in [7, 11) is 0. The van der Waals surface area contributed by atoms with Gasteiger partial charge in [0.15, 0.2) is 0 Å². The van der Waals surface area contributed by atoms with Crippen LogP contribution >= 0.6 is 11.3 Å². The van der Waals surface area contributed by atoms with E-state index < -0.39 is 0 Å². The fraction of sp³-hybridized carbons (Fsp3) is 0.684. The SMILES string of the molecule is CC(=O)N1CC2CCCC(CNC(=O)C3Cc4cscc4C3)(C2)C1. The second-order valence-corrected chi connectivity index (χ2v) is 8.85. The Labute approximate surface area is 147 Å². The molecule has 1 saturated carbocycles. The third kappa shape index (κ3) is 2.99. The molecule has 2 fully saturated rings. The zero-order chi connectivity index (χ0) is 16.7. The molecule has 0 aromatic carbocycles. The van der Waals surface area contributed by atoms with E-state index in [0.717, 1.165) is 45.3 Å². The minimum Gasteiger partial charge on any atom is -0.355 e. The molecule has 1 aromatic rings. The Bertz CT molecular complexity index is 635. The predicted molar refractivity (Wildman–Crippen MR) is 94.9 cm³/mol. The summed E-state index contributed by atoms with van der Waals surface area (Å²) < 4.78 is 0. The highest BCUT2D eigenvalue weighted by atomic mass is 32.1. The Morgan fingerprint density at radius 3 is 2.79 bits per heavy atom. The van der Waals surface area contributed by atoms with Gasteiger partial charge >= 0.3 is 0 Å². The van der Waals surface area contributed by atoms with Crippen molar-refractivity contribution in [2.75, 3.05) is 19.6 Å². The molecule has 24 heavy (non-hydrogen) atoms. The van der Waals surface area contributed by atoms with E-state index in [1.165, 1.54) is 24.0 Å². The van der Waals surface area contributed by atoms with Gasteiger partial charge in [-0.15, -0.1) is 0 Å². The summed E-state index contributed by atoms with van der Waals surface area (Å²) in [6.45, 7) is 4.13. The molecule has 2 unspecified atom stereocenters. The van der Waals surface area contributed by atoms with Crippen LogP contribution in [0.3, 0.4) is 0 Å². The number of thiophene rings is 1. The van der Waals surface area contributed by atoms with E-state index >= 15 is 0 Å². The second kappa shape index (κ2) is 6.17. The Balaban J connectivity index is 1.38. The molecule has 2 bridgehead atoms. The van der Waals surface area contributed by atoms with Crippen LogP contribution < -0.4 is 5.32 Å². The predicted octanol–water partition coefficient (Wildman–Crippen LogP) is 2.62. The fourth-order valence-electron chi connectivity index (χ4n) is 5.03. The van der Waals surface area contributed by atoms with Crippen LogP contribution in [-0.2, 0) is 22.4 Å². The first-order valence-corrected chi connectivity index (χ1v) is 10.1. The van der Waals surface area contributed by atoms with Gasteiger partial charge in [0.25, 0.3) is 0 Å². The van der Waals surface area contributed by atoms with Gasteiger partial charge in [-0.3, -0.25) is 9.59 Å². The quantitative estimate of drug-likeness (QED) is 0.915. The average molecular weight is 346 g/mol. The number of carbonyl (C=O) groups excluding carboxylic acids is 2. The molecule has 2 heterocycles. The minimum absolute atomic E-state index is 0.103. The lowest BCUT2D eigenvalue weighted by Crippen LogP contribution is -2.55. The van der Waals surface area contributed by atoms with E-state index in [2.05, 4.69) is 16.1 Å². The van der Waals surface area contributed by atoms with E-state index in [1.54, 1.807) is 18.3 Å². The number of fused-ring (bicyclic) bond motifs is 3. The number of hydrogen-bond acceptors (Lipinski definition) is 3. The first kappa shape index (κ1) is 16.1. The zero-order valence-electron chi connectivity index (χ0n) is 14.3. The molecule has 0 radical (unpaired) electrons. The number of likely N-dealkylation sites (tertiary alicyclic amines) is 1. The maximum Gasteiger partial charge on any atom is 0.223 e. The van der Waals surface area contributed by atoms with Crippen molar-refractivity contribution in [1.29, 1.82) is 0 Å². The van der Waals surface area contributed by atoms with Crippen LogP contribution in [0.1, 0.15) is 43.7 Å². The number of hydrogen-bond donors (Lipinski definition) is 1. The Morgan fingerprint density at radius 1 is 1.33 bits per heavy atom. The van der Waals surface area contributed by atoms with Crippen LogP contribution in [0.25, 0.3) is 0 Å². The van der Waals surface area contributed by atoms with E-state index in [4.69, 9.17) is 0 Å². The largest absolute Gasteiger partial charge is 0.355 e. The molecule has 2 atom stereocenters. The van der Waals surface area contributed by atoms with Crippen LogP contribution in [0.5, 0.6) is 0 Å². The summed E-state index contributed by atoms with van der Waals surface area (Å²) in [5, 5.41) is 7.61. The van der Waals surface area contributed by atoms with Crippen molar-refractivity contribution >= 4 is 23.2 Å². The van der Waals surface area contributed by atoms with Crippen molar-refractivity contribution < 1.29 is 9.59 Å². The highest BCUT2D eigenvalue weighted by molar-refractivity contribution is 7.08. The Morgan fingerprint density at radius 2 is 2.08 bits per heavy atom. The topological polar surface area (TPSA) is 49.4 Å². The van der Waals surface area contributed by atoms with E-state index in [9.17, 15) is 9.59 Å². The Hall–Kier alpha value is -1.36. The third-order valence-corrected chi connectivity index (χ3v) is 7.11. The normalized spacial score (nSPS) is 29.4. The van der Waals surface area contributed by atoms with Crippen molar-refractivity contribution in [2.45, 2.75) is 45.4 Å². The highest BCUT2D eigenvalue weighted by Crippen LogP contribution is 2.43. The summed E-state index contributed by atoms with van der Waals surface area (Å²) >= 11 is 1.74. The van der Waals surface area contributed by atoms with Gasteiger partial charge in [-0.25, -0.2) is 0 Å². The number of piperidine rings is 1. The second-order valence-electron chi connectivity index (χ2n) is 8.11. The van der Waals surface area contributed by atoms with Crippen LogP contribution in [0.2, 0.25) is 0 Å². The minimum atomic E-state index is 0.103. The van der Waals surface area contributed by atoms with Crippen molar-refractivity contribution in [3.05, 3.63) is 21.9 Å². The maximum absolute atomic E-state index is 12.6. The molecule has 130 valence electrons. The fourth-order valence-corrected chi connectivity index (χ4v) is 5.93. The van der Waals surface area contributed by atoms with Gasteiger partial charge in [0.2, 0.25) is 11.8 Å². The van der Waals surface area contributed by atoms with Gasteiger partial charge < -0.3 is 10.2 Å². The maximum atomic E-state index is 12.6. The third-order valence-electron chi connectivity index (χ3n) is 6.27. The molecule has 2 aliphatic carbocycles. The lowest BCUT2D eigenvalue weighted by atomic mass is 9.66. The number of nitrogens with zero attached hydrogens (tertiary/aromatic N) is 1. The first-order chi connectivity index (χ1) is 11.5. The van der Waals surface area contributed by atoms with Gasteiger partial charge in [0.05, 0.1) is 0 Å². The number of carbonyl (C=O) groups is 2. The van der Waals surface area contributed by atoms with E-state index in [1.807, 2.05) is 4.90 Å². The smallest absolute Gasteiger partial charge is 0.223 e. The van der Waals surface area contributed by atoms with E-state index in [-0.39, 0.29) is 23.1 Å². The van der Waals surface area contributed by atoms with Crippen LogP contribution in [0.15, 0.2) is 10.8 Å². The summed E-state index contributed by atoms with van der Waals surface area (Å²) in [5.74, 6) is 1.10. The Kier molecular flexibility index (Phi) is 4.15. The molecule has 1 saturated heterocycles. The molecule has 4 nitrogen and oxygen atoms in total. The highest BCUT2D eigenvalue weighted by Gasteiger charge is 2.43. The number of rotatable bonds is 3. The molecule has 1 aromatic heterocycles.